The zero-order chi connectivity index (χ0) is 14.2. The number of nitrogens with one attached hydrogen (secondary N) is 3. The summed E-state index contributed by atoms with van der Waals surface area (Å²) in [5, 5.41) is 7.19. The van der Waals surface area contributed by atoms with Gasteiger partial charge in [-0.2, -0.15) is 0 Å². The Morgan fingerprint density at radius 1 is 1.25 bits per heavy atom. The van der Waals surface area contributed by atoms with Gasteiger partial charge in [-0.3, -0.25) is 0 Å². The number of hydrogen-bond acceptors (Lipinski definition) is 1. The summed E-state index contributed by atoms with van der Waals surface area (Å²) >= 11 is 8.76. The van der Waals surface area contributed by atoms with Crippen molar-refractivity contribution in [3.63, 3.8) is 0 Å². The normalized spacial score (nSPS) is 15.8. The number of anilines is 1. The number of quaternary nitrogens is 1. The summed E-state index contributed by atoms with van der Waals surface area (Å²) in [5.41, 5.74) is 1.01. The Balaban J connectivity index is 1.60. The first-order valence-electron chi connectivity index (χ1n) is 7.38. The van der Waals surface area contributed by atoms with Gasteiger partial charge in [-0.05, 0) is 49.7 Å². The van der Waals surface area contributed by atoms with E-state index in [1.54, 1.807) is 4.90 Å². The molecule has 1 saturated heterocycles. The van der Waals surface area contributed by atoms with Crippen LogP contribution in [0.3, 0.4) is 0 Å². The second kappa shape index (κ2) is 8.60. The fourth-order valence-corrected chi connectivity index (χ4v) is 3.20. The summed E-state index contributed by atoms with van der Waals surface area (Å²) in [5.74, 6) is 0. The molecule has 0 aliphatic carbocycles. The Morgan fingerprint density at radius 3 is 2.80 bits per heavy atom. The lowest BCUT2D eigenvalue weighted by molar-refractivity contribution is -0.904. The van der Waals surface area contributed by atoms with Crippen molar-refractivity contribution in [1.82, 2.24) is 5.32 Å². The number of hydrogen-bond donors (Lipinski definition) is 3. The zero-order valence-electron chi connectivity index (χ0n) is 11.8. The Morgan fingerprint density at radius 2 is 2.05 bits per heavy atom. The van der Waals surface area contributed by atoms with Gasteiger partial charge in [-0.1, -0.05) is 22.0 Å². The molecule has 1 aliphatic heterocycles. The molecule has 5 heteroatoms. The molecule has 0 radical (unpaired) electrons. The minimum atomic E-state index is 0.705. The lowest BCUT2D eigenvalue weighted by Gasteiger charge is -2.23. The van der Waals surface area contributed by atoms with Gasteiger partial charge in [0.25, 0.3) is 0 Å². The highest BCUT2D eigenvalue weighted by Gasteiger charge is 2.12. The number of benzene rings is 1. The SMILES string of the molecule is S=C(NCCC[NH+]1CCCCC1)Nc1cccc(Br)c1. The first-order chi connectivity index (χ1) is 9.74. The molecule has 0 atom stereocenters. The van der Waals surface area contributed by atoms with E-state index in [1.165, 1.54) is 45.3 Å². The van der Waals surface area contributed by atoms with E-state index in [-0.39, 0.29) is 0 Å². The zero-order valence-corrected chi connectivity index (χ0v) is 14.2. The molecule has 0 unspecified atom stereocenters. The molecule has 20 heavy (non-hydrogen) atoms. The Labute approximate surface area is 135 Å². The lowest BCUT2D eigenvalue weighted by Crippen LogP contribution is -3.12. The third kappa shape index (κ3) is 5.77. The molecule has 110 valence electrons. The van der Waals surface area contributed by atoms with Crippen molar-refractivity contribution in [2.75, 3.05) is 31.5 Å². The summed E-state index contributed by atoms with van der Waals surface area (Å²) in [4.78, 5) is 1.75. The number of halogens is 1. The van der Waals surface area contributed by atoms with Gasteiger partial charge in [0.15, 0.2) is 5.11 Å². The molecule has 1 aromatic carbocycles. The average molecular weight is 357 g/mol. The molecule has 1 fully saturated rings. The Hall–Kier alpha value is -0.650. The third-order valence-corrected chi connectivity index (χ3v) is 4.38. The number of rotatable bonds is 5. The predicted octanol–water partition coefficient (Wildman–Crippen LogP) is 2.19. The molecular weight excluding hydrogens is 334 g/mol. The standard InChI is InChI=1S/C15H22BrN3S/c16-13-6-4-7-14(12-13)18-15(20)17-8-5-11-19-9-2-1-3-10-19/h4,6-7,12H,1-3,5,8-11H2,(H2,17,18,20)/p+1. The second-order valence-corrected chi connectivity index (χ2v) is 6.63. The van der Waals surface area contributed by atoms with E-state index >= 15 is 0 Å². The first kappa shape index (κ1) is 15.7. The lowest BCUT2D eigenvalue weighted by atomic mass is 10.1. The van der Waals surface area contributed by atoms with Crippen LogP contribution >= 0.6 is 28.1 Å². The van der Waals surface area contributed by atoms with Crippen molar-refractivity contribution < 1.29 is 4.90 Å². The average Bonchev–Trinajstić information content (AvgIpc) is 2.45. The van der Waals surface area contributed by atoms with Crippen LogP contribution in [0.25, 0.3) is 0 Å². The molecule has 0 spiro atoms. The highest BCUT2D eigenvalue weighted by atomic mass is 79.9. The van der Waals surface area contributed by atoms with Crippen molar-refractivity contribution in [2.24, 2.45) is 0 Å². The van der Waals surface area contributed by atoms with Crippen molar-refractivity contribution in [2.45, 2.75) is 25.7 Å². The summed E-state index contributed by atoms with van der Waals surface area (Å²) in [7, 11) is 0. The fourth-order valence-electron chi connectivity index (χ4n) is 2.58. The summed E-state index contributed by atoms with van der Waals surface area (Å²) in [6.07, 6.45) is 5.38. The number of thiocarbonyl (C=S) groups is 1. The summed E-state index contributed by atoms with van der Waals surface area (Å²) in [6, 6.07) is 8.03. The van der Waals surface area contributed by atoms with E-state index in [4.69, 9.17) is 12.2 Å². The highest BCUT2D eigenvalue weighted by Crippen LogP contribution is 2.15. The molecule has 3 nitrogen and oxygen atoms in total. The molecule has 2 rings (SSSR count). The van der Waals surface area contributed by atoms with E-state index in [9.17, 15) is 0 Å². The van der Waals surface area contributed by atoms with Gasteiger partial charge < -0.3 is 15.5 Å². The van der Waals surface area contributed by atoms with E-state index in [0.717, 1.165) is 16.7 Å². The van der Waals surface area contributed by atoms with Gasteiger partial charge in [0.2, 0.25) is 0 Å². The van der Waals surface area contributed by atoms with Crippen molar-refractivity contribution in [3.05, 3.63) is 28.7 Å². The first-order valence-corrected chi connectivity index (χ1v) is 8.58. The van der Waals surface area contributed by atoms with Crippen molar-refractivity contribution >= 4 is 38.9 Å². The molecule has 0 aromatic heterocycles. The summed E-state index contributed by atoms with van der Waals surface area (Å²) < 4.78 is 1.05. The van der Waals surface area contributed by atoms with Gasteiger partial charge in [-0.15, -0.1) is 0 Å². The molecule has 1 aliphatic rings. The smallest absolute Gasteiger partial charge is 0.170 e. The number of likely N-dealkylation sites (tertiary alicyclic amines) is 1. The monoisotopic (exact) mass is 356 g/mol. The van der Waals surface area contributed by atoms with Crippen LogP contribution in [0.4, 0.5) is 5.69 Å². The topological polar surface area (TPSA) is 28.5 Å². The second-order valence-electron chi connectivity index (χ2n) is 5.31. The third-order valence-electron chi connectivity index (χ3n) is 3.64. The molecule has 0 bridgehead atoms. The van der Waals surface area contributed by atoms with Gasteiger partial charge >= 0.3 is 0 Å². The van der Waals surface area contributed by atoms with E-state index in [2.05, 4.69) is 26.6 Å². The molecule has 1 aromatic rings. The minimum absolute atomic E-state index is 0.705. The Kier molecular flexibility index (Phi) is 6.76. The van der Waals surface area contributed by atoms with E-state index < -0.39 is 0 Å². The maximum Gasteiger partial charge on any atom is 0.170 e. The fraction of sp³-hybridized carbons (Fsp3) is 0.533. The van der Waals surface area contributed by atoms with Crippen molar-refractivity contribution in [3.8, 4) is 0 Å². The van der Waals surface area contributed by atoms with E-state index in [0.29, 0.717) is 5.11 Å². The maximum atomic E-state index is 5.30. The van der Waals surface area contributed by atoms with Crippen LogP contribution in [-0.4, -0.2) is 31.3 Å². The van der Waals surface area contributed by atoms with Gasteiger partial charge in [0.05, 0.1) is 19.6 Å². The van der Waals surface area contributed by atoms with Crippen LogP contribution in [0.2, 0.25) is 0 Å². The maximum absolute atomic E-state index is 5.30. The van der Waals surface area contributed by atoms with Crippen LogP contribution in [0, 0.1) is 0 Å². The van der Waals surface area contributed by atoms with Gasteiger partial charge in [0.1, 0.15) is 0 Å². The van der Waals surface area contributed by atoms with Crippen LogP contribution in [0.1, 0.15) is 25.7 Å². The van der Waals surface area contributed by atoms with E-state index in [1.807, 2.05) is 24.3 Å². The quantitative estimate of drug-likeness (QED) is 0.557. The predicted molar refractivity (Wildman–Crippen MR) is 92.4 cm³/mol. The molecular formula is C15H23BrN3S+. The van der Waals surface area contributed by atoms with Gasteiger partial charge in [0, 0.05) is 23.1 Å². The largest absolute Gasteiger partial charge is 0.362 e. The minimum Gasteiger partial charge on any atom is -0.362 e. The van der Waals surface area contributed by atoms with Crippen LogP contribution in [-0.2, 0) is 0 Å². The van der Waals surface area contributed by atoms with Crippen LogP contribution < -0.4 is 15.5 Å². The Bertz CT molecular complexity index is 433. The van der Waals surface area contributed by atoms with Crippen LogP contribution in [0.5, 0.6) is 0 Å². The molecule has 3 N–H and O–H groups in total. The van der Waals surface area contributed by atoms with Gasteiger partial charge in [-0.25, -0.2) is 0 Å². The number of piperidine rings is 1. The summed E-state index contributed by atoms with van der Waals surface area (Å²) in [6.45, 7) is 4.90. The molecule has 0 amide bonds. The molecule has 0 saturated carbocycles. The highest BCUT2D eigenvalue weighted by molar-refractivity contribution is 9.10. The van der Waals surface area contributed by atoms with Crippen molar-refractivity contribution in [1.29, 1.82) is 0 Å². The molecule has 1 heterocycles. The van der Waals surface area contributed by atoms with Crippen LogP contribution in [0.15, 0.2) is 28.7 Å².